The second kappa shape index (κ2) is 7.45. The van der Waals surface area contributed by atoms with Crippen molar-refractivity contribution in [2.75, 3.05) is 19.4 Å². The number of nitro benzene ring substituents is 1. The Balaban J connectivity index is 1.72. The van der Waals surface area contributed by atoms with Crippen molar-refractivity contribution in [1.29, 1.82) is 0 Å². The van der Waals surface area contributed by atoms with E-state index in [4.69, 9.17) is 0 Å². The Kier molecular flexibility index (Phi) is 5.09. The van der Waals surface area contributed by atoms with Crippen LogP contribution in [-0.2, 0) is 13.1 Å². The van der Waals surface area contributed by atoms with Crippen molar-refractivity contribution in [1.82, 2.24) is 9.88 Å². The van der Waals surface area contributed by atoms with Crippen LogP contribution in [0.15, 0.2) is 48.5 Å². The van der Waals surface area contributed by atoms with E-state index in [1.54, 1.807) is 24.3 Å². The largest absolute Gasteiger partial charge is 0.366 e. The SMILES string of the molecule is CN(C)Cc1ccc(CNc2ccc3cc([N+](=O)[O-])ccc3n2)cc1F. The molecule has 0 aliphatic carbocycles. The standard InChI is InChI=1S/C19H19FN4O2/c1-23(2)12-15-4-3-13(9-17(15)20)11-21-19-8-5-14-10-16(24(25)26)6-7-18(14)22-19/h3-10H,11-12H2,1-2H3,(H,21,22). The highest BCUT2D eigenvalue weighted by Gasteiger charge is 2.08. The van der Waals surface area contributed by atoms with Crippen molar-refractivity contribution in [2.24, 2.45) is 0 Å². The summed E-state index contributed by atoms with van der Waals surface area (Å²) in [6, 6.07) is 13.3. The van der Waals surface area contributed by atoms with E-state index in [1.165, 1.54) is 18.2 Å². The summed E-state index contributed by atoms with van der Waals surface area (Å²) in [5.41, 5.74) is 2.17. The first kappa shape index (κ1) is 17.8. The summed E-state index contributed by atoms with van der Waals surface area (Å²) < 4.78 is 14.1. The van der Waals surface area contributed by atoms with Gasteiger partial charge in [-0.2, -0.15) is 0 Å². The van der Waals surface area contributed by atoms with Gasteiger partial charge in [0.2, 0.25) is 0 Å². The van der Waals surface area contributed by atoms with Crippen LogP contribution in [0.25, 0.3) is 10.9 Å². The molecule has 0 spiro atoms. The number of rotatable bonds is 6. The van der Waals surface area contributed by atoms with E-state index in [1.807, 2.05) is 25.1 Å². The Bertz CT molecular complexity index is 959. The van der Waals surface area contributed by atoms with Gasteiger partial charge < -0.3 is 10.2 Å². The number of fused-ring (bicyclic) bond motifs is 1. The molecule has 0 bridgehead atoms. The number of nitrogens with one attached hydrogen (secondary N) is 1. The van der Waals surface area contributed by atoms with Gasteiger partial charge >= 0.3 is 0 Å². The van der Waals surface area contributed by atoms with Crippen molar-refractivity contribution in [3.63, 3.8) is 0 Å². The number of hydrogen-bond donors (Lipinski definition) is 1. The molecule has 0 fully saturated rings. The molecule has 7 heteroatoms. The molecular weight excluding hydrogens is 335 g/mol. The van der Waals surface area contributed by atoms with Crippen molar-refractivity contribution >= 4 is 22.4 Å². The molecule has 1 N–H and O–H groups in total. The summed E-state index contributed by atoms with van der Waals surface area (Å²) in [4.78, 5) is 16.7. The van der Waals surface area contributed by atoms with Crippen LogP contribution < -0.4 is 5.32 Å². The Morgan fingerprint density at radius 2 is 1.96 bits per heavy atom. The van der Waals surface area contributed by atoms with Crippen molar-refractivity contribution in [2.45, 2.75) is 13.1 Å². The molecule has 6 nitrogen and oxygen atoms in total. The number of hydrogen-bond acceptors (Lipinski definition) is 5. The number of nitro groups is 1. The third-order valence-electron chi connectivity index (χ3n) is 3.96. The first-order chi connectivity index (χ1) is 12.4. The number of halogens is 1. The van der Waals surface area contributed by atoms with E-state index in [0.29, 0.717) is 35.4 Å². The molecule has 1 heterocycles. The fourth-order valence-electron chi connectivity index (χ4n) is 2.69. The Morgan fingerprint density at radius 3 is 2.65 bits per heavy atom. The first-order valence-corrected chi connectivity index (χ1v) is 8.13. The summed E-state index contributed by atoms with van der Waals surface area (Å²) >= 11 is 0. The van der Waals surface area contributed by atoms with E-state index in [2.05, 4.69) is 10.3 Å². The van der Waals surface area contributed by atoms with E-state index in [9.17, 15) is 14.5 Å². The third kappa shape index (κ3) is 4.12. The lowest BCUT2D eigenvalue weighted by molar-refractivity contribution is -0.384. The lowest BCUT2D eigenvalue weighted by Crippen LogP contribution is -2.12. The first-order valence-electron chi connectivity index (χ1n) is 8.13. The topological polar surface area (TPSA) is 71.3 Å². The summed E-state index contributed by atoms with van der Waals surface area (Å²) in [6.07, 6.45) is 0. The summed E-state index contributed by atoms with van der Waals surface area (Å²) in [6.45, 7) is 0.989. The maximum atomic E-state index is 14.1. The van der Waals surface area contributed by atoms with Crippen LogP contribution in [0.5, 0.6) is 0 Å². The number of pyridine rings is 1. The molecule has 1 aromatic heterocycles. The normalized spacial score (nSPS) is 11.1. The zero-order valence-electron chi connectivity index (χ0n) is 14.6. The van der Waals surface area contributed by atoms with Crippen LogP contribution in [0, 0.1) is 15.9 Å². The van der Waals surface area contributed by atoms with Gasteiger partial charge in [-0.25, -0.2) is 9.37 Å². The molecule has 134 valence electrons. The zero-order chi connectivity index (χ0) is 18.7. The van der Waals surface area contributed by atoms with Crippen LogP contribution >= 0.6 is 0 Å². The van der Waals surface area contributed by atoms with E-state index in [-0.39, 0.29) is 11.5 Å². The number of aromatic nitrogens is 1. The summed E-state index contributed by atoms with van der Waals surface area (Å²) in [5, 5.41) is 14.7. The highest BCUT2D eigenvalue weighted by atomic mass is 19.1. The Hall–Kier alpha value is -3.06. The number of benzene rings is 2. The lowest BCUT2D eigenvalue weighted by atomic mass is 10.1. The van der Waals surface area contributed by atoms with Gasteiger partial charge in [0.15, 0.2) is 0 Å². The highest BCUT2D eigenvalue weighted by molar-refractivity contribution is 5.82. The van der Waals surface area contributed by atoms with Crippen LogP contribution in [-0.4, -0.2) is 28.9 Å². The van der Waals surface area contributed by atoms with Gasteiger partial charge in [-0.3, -0.25) is 10.1 Å². The van der Waals surface area contributed by atoms with E-state index < -0.39 is 4.92 Å². The van der Waals surface area contributed by atoms with Gasteiger partial charge in [0.25, 0.3) is 5.69 Å². The van der Waals surface area contributed by atoms with Gasteiger partial charge in [0.05, 0.1) is 10.4 Å². The molecule has 0 aliphatic heterocycles. The smallest absolute Gasteiger partial charge is 0.270 e. The van der Waals surface area contributed by atoms with Crippen LogP contribution in [0.1, 0.15) is 11.1 Å². The monoisotopic (exact) mass is 354 g/mol. The van der Waals surface area contributed by atoms with Gasteiger partial charge in [0, 0.05) is 36.2 Å². The van der Waals surface area contributed by atoms with Crippen LogP contribution in [0.3, 0.4) is 0 Å². The van der Waals surface area contributed by atoms with E-state index >= 15 is 0 Å². The average Bonchev–Trinajstić information content (AvgIpc) is 2.61. The van der Waals surface area contributed by atoms with Crippen LogP contribution in [0.2, 0.25) is 0 Å². The fraction of sp³-hybridized carbons (Fsp3) is 0.211. The third-order valence-corrected chi connectivity index (χ3v) is 3.96. The summed E-state index contributed by atoms with van der Waals surface area (Å²) in [7, 11) is 3.80. The average molecular weight is 354 g/mol. The van der Waals surface area contributed by atoms with Gasteiger partial charge in [-0.1, -0.05) is 12.1 Å². The summed E-state index contributed by atoms with van der Waals surface area (Å²) in [5.74, 6) is 0.404. The molecule has 0 saturated heterocycles. The molecule has 26 heavy (non-hydrogen) atoms. The molecule has 3 aromatic rings. The minimum atomic E-state index is -0.430. The number of nitrogens with zero attached hydrogens (tertiary/aromatic N) is 3. The molecule has 3 rings (SSSR count). The molecular formula is C19H19FN4O2. The minimum Gasteiger partial charge on any atom is -0.366 e. The Morgan fingerprint density at radius 1 is 1.15 bits per heavy atom. The fourth-order valence-corrected chi connectivity index (χ4v) is 2.69. The van der Waals surface area contributed by atoms with Crippen LogP contribution in [0.4, 0.5) is 15.9 Å². The van der Waals surface area contributed by atoms with Crippen molar-refractivity contribution in [3.8, 4) is 0 Å². The predicted molar refractivity (Wildman–Crippen MR) is 99.5 cm³/mol. The molecule has 0 atom stereocenters. The minimum absolute atomic E-state index is 0.0355. The maximum absolute atomic E-state index is 14.1. The zero-order valence-corrected chi connectivity index (χ0v) is 14.6. The molecule has 0 saturated carbocycles. The van der Waals surface area contributed by atoms with E-state index in [0.717, 1.165) is 5.56 Å². The van der Waals surface area contributed by atoms with Gasteiger partial charge in [0.1, 0.15) is 11.6 Å². The number of non-ortho nitro benzene ring substituents is 1. The van der Waals surface area contributed by atoms with Gasteiger partial charge in [-0.05, 0) is 43.9 Å². The molecule has 0 unspecified atom stereocenters. The maximum Gasteiger partial charge on any atom is 0.270 e. The van der Waals surface area contributed by atoms with Crippen molar-refractivity contribution < 1.29 is 9.31 Å². The second-order valence-electron chi connectivity index (χ2n) is 6.35. The Labute approximate surface area is 150 Å². The second-order valence-corrected chi connectivity index (χ2v) is 6.35. The molecule has 0 aliphatic rings. The predicted octanol–water partition coefficient (Wildman–Crippen LogP) is 3.96. The molecule has 0 radical (unpaired) electrons. The highest BCUT2D eigenvalue weighted by Crippen LogP contribution is 2.21. The quantitative estimate of drug-likeness (QED) is 0.536. The lowest BCUT2D eigenvalue weighted by Gasteiger charge is -2.12. The van der Waals surface area contributed by atoms with Gasteiger partial charge in [-0.15, -0.1) is 0 Å². The van der Waals surface area contributed by atoms with Crippen molar-refractivity contribution in [3.05, 3.63) is 75.6 Å². The molecule has 2 aromatic carbocycles. The number of anilines is 1. The molecule has 0 amide bonds.